The van der Waals surface area contributed by atoms with Crippen molar-refractivity contribution in [1.29, 1.82) is 0 Å². The third-order valence-corrected chi connectivity index (χ3v) is 5.56. The van der Waals surface area contributed by atoms with Gasteiger partial charge in [0, 0.05) is 16.9 Å². The number of hydrogen-bond acceptors (Lipinski definition) is 5. The molecule has 0 fully saturated rings. The second kappa shape index (κ2) is 7.74. The summed E-state index contributed by atoms with van der Waals surface area (Å²) in [6.07, 6.45) is 0.789. The van der Waals surface area contributed by atoms with Crippen LogP contribution in [0.5, 0.6) is 0 Å². The highest BCUT2D eigenvalue weighted by molar-refractivity contribution is 7.97. The van der Waals surface area contributed by atoms with Crippen molar-refractivity contribution in [3.05, 3.63) is 40.9 Å². The van der Waals surface area contributed by atoms with E-state index in [0.29, 0.717) is 5.13 Å². The Bertz CT molecular complexity index is 611. The van der Waals surface area contributed by atoms with Gasteiger partial charge in [0.2, 0.25) is 11.0 Å². The van der Waals surface area contributed by atoms with Crippen LogP contribution < -0.4 is 5.32 Å². The van der Waals surface area contributed by atoms with Crippen molar-refractivity contribution in [3.8, 4) is 0 Å². The van der Waals surface area contributed by atoms with Gasteiger partial charge in [-0.3, -0.25) is 4.79 Å². The van der Waals surface area contributed by atoms with E-state index in [1.807, 2.05) is 39.0 Å². The number of anilines is 1. The topological polar surface area (TPSA) is 54.9 Å². The van der Waals surface area contributed by atoms with E-state index in [2.05, 4.69) is 27.6 Å². The molecular formula is C16H21N3OS2. The Morgan fingerprint density at radius 2 is 1.95 bits per heavy atom. The molecule has 0 aliphatic rings. The molecule has 0 bridgehead atoms. The predicted octanol–water partition coefficient (Wildman–Crippen LogP) is 4.35. The summed E-state index contributed by atoms with van der Waals surface area (Å²) in [5.74, 6) is 1.75. The molecule has 4 nitrogen and oxygen atoms in total. The first-order chi connectivity index (χ1) is 10.5. The molecule has 0 saturated carbocycles. The summed E-state index contributed by atoms with van der Waals surface area (Å²) in [5, 5.41) is 12.6. The summed E-state index contributed by atoms with van der Waals surface area (Å²) in [7, 11) is 0. The highest BCUT2D eigenvalue weighted by Crippen LogP contribution is 2.26. The number of nitrogens with one attached hydrogen (secondary N) is 1. The molecule has 1 aromatic heterocycles. The van der Waals surface area contributed by atoms with E-state index in [1.165, 1.54) is 16.9 Å². The first-order valence-corrected chi connectivity index (χ1v) is 9.24. The molecule has 0 aliphatic heterocycles. The van der Waals surface area contributed by atoms with E-state index in [1.54, 1.807) is 11.8 Å². The largest absolute Gasteiger partial charge is 0.300 e. The zero-order chi connectivity index (χ0) is 16.0. The fourth-order valence-electron chi connectivity index (χ4n) is 1.62. The maximum Gasteiger partial charge on any atom is 0.231 e. The fourth-order valence-corrected chi connectivity index (χ4v) is 3.40. The minimum absolute atomic E-state index is 0.00496. The molecule has 22 heavy (non-hydrogen) atoms. The first kappa shape index (κ1) is 17.0. The Morgan fingerprint density at radius 1 is 1.23 bits per heavy atom. The number of carbonyl (C=O) groups is 1. The zero-order valence-corrected chi connectivity index (χ0v) is 14.8. The monoisotopic (exact) mass is 335 g/mol. The molecule has 0 aliphatic carbocycles. The van der Waals surface area contributed by atoms with E-state index < -0.39 is 0 Å². The standard InChI is InChI=1S/C16H21N3OS2/c1-4-16(2,3)14(20)17-15-19-18-13(22-15)11-21-10-12-8-6-5-7-9-12/h5-9H,4,10-11H2,1-3H3,(H,17,19,20). The molecule has 0 radical (unpaired) electrons. The number of thioether (sulfide) groups is 1. The number of amides is 1. The van der Waals surface area contributed by atoms with Gasteiger partial charge in [-0.2, -0.15) is 0 Å². The Balaban J connectivity index is 1.83. The predicted molar refractivity (Wildman–Crippen MR) is 94.1 cm³/mol. The van der Waals surface area contributed by atoms with Gasteiger partial charge in [-0.15, -0.1) is 22.0 Å². The lowest BCUT2D eigenvalue weighted by molar-refractivity contribution is -0.124. The Labute approximate surface area is 139 Å². The van der Waals surface area contributed by atoms with Gasteiger partial charge in [-0.05, 0) is 12.0 Å². The van der Waals surface area contributed by atoms with Crippen molar-refractivity contribution >= 4 is 34.1 Å². The molecule has 0 saturated heterocycles. The van der Waals surface area contributed by atoms with Crippen LogP contribution in [0.3, 0.4) is 0 Å². The van der Waals surface area contributed by atoms with Crippen molar-refractivity contribution in [1.82, 2.24) is 10.2 Å². The Morgan fingerprint density at radius 3 is 2.64 bits per heavy atom. The minimum atomic E-state index is -0.381. The number of rotatable bonds is 7. The summed E-state index contributed by atoms with van der Waals surface area (Å²) in [4.78, 5) is 12.1. The molecule has 118 valence electrons. The summed E-state index contributed by atoms with van der Waals surface area (Å²) in [5.41, 5.74) is 0.920. The van der Waals surface area contributed by atoms with Crippen LogP contribution in [0.2, 0.25) is 0 Å². The normalized spacial score (nSPS) is 11.4. The van der Waals surface area contributed by atoms with Crippen LogP contribution in [0.1, 0.15) is 37.8 Å². The lowest BCUT2D eigenvalue weighted by Crippen LogP contribution is -2.29. The van der Waals surface area contributed by atoms with Crippen LogP contribution in [-0.4, -0.2) is 16.1 Å². The molecule has 2 aromatic rings. The summed E-state index contributed by atoms with van der Waals surface area (Å²) < 4.78 is 0. The lowest BCUT2D eigenvalue weighted by atomic mass is 9.89. The number of aromatic nitrogens is 2. The number of benzene rings is 1. The van der Waals surface area contributed by atoms with E-state index in [4.69, 9.17) is 0 Å². The second-order valence-corrected chi connectivity index (χ2v) is 7.72. The molecular weight excluding hydrogens is 314 g/mol. The molecule has 2 rings (SSSR count). The van der Waals surface area contributed by atoms with Gasteiger partial charge < -0.3 is 5.32 Å². The maximum atomic E-state index is 12.1. The summed E-state index contributed by atoms with van der Waals surface area (Å²) >= 11 is 3.24. The quantitative estimate of drug-likeness (QED) is 0.817. The molecule has 0 unspecified atom stereocenters. The van der Waals surface area contributed by atoms with Crippen molar-refractivity contribution in [2.45, 2.75) is 38.7 Å². The molecule has 1 amide bonds. The highest BCUT2D eigenvalue weighted by atomic mass is 32.2. The molecule has 1 N–H and O–H groups in total. The van der Waals surface area contributed by atoms with Crippen LogP contribution in [0, 0.1) is 5.41 Å². The number of carbonyl (C=O) groups excluding carboxylic acids is 1. The van der Waals surface area contributed by atoms with E-state index >= 15 is 0 Å². The van der Waals surface area contributed by atoms with Gasteiger partial charge in [-0.1, -0.05) is 62.4 Å². The van der Waals surface area contributed by atoms with E-state index in [0.717, 1.165) is 22.9 Å². The first-order valence-electron chi connectivity index (χ1n) is 7.27. The SMILES string of the molecule is CCC(C)(C)C(=O)Nc1nnc(CSCc2ccccc2)s1. The van der Waals surface area contributed by atoms with Crippen LogP contribution in [0.25, 0.3) is 0 Å². The van der Waals surface area contributed by atoms with Crippen LogP contribution >= 0.6 is 23.1 Å². The zero-order valence-electron chi connectivity index (χ0n) is 13.1. The van der Waals surface area contributed by atoms with Crippen LogP contribution in [0.4, 0.5) is 5.13 Å². The second-order valence-electron chi connectivity index (χ2n) is 5.67. The van der Waals surface area contributed by atoms with Gasteiger partial charge in [0.15, 0.2) is 0 Å². The van der Waals surface area contributed by atoms with Gasteiger partial charge >= 0.3 is 0 Å². The van der Waals surface area contributed by atoms with Crippen molar-refractivity contribution in [3.63, 3.8) is 0 Å². The van der Waals surface area contributed by atoms with Crippen molar-refractivity contribution in [2.75, 3.05) is 5.32 Å². The molecule has 1 heterocycles. The Kier molecular flexibility index (Phi) is 5.97. The maximum absolute atomic E-state index is 12.1. The number of hydrogen-bond donors (Lipinski definition) is 1. The smallest absolute Gasteiger partial charge is 0.231 e. The van der Waals surface area contributed by atoms with Crippen LogP contribution in [-0.2, 0) is 16.3 Å². The minimum Gasteiger partial charge on any atom is -0.300 e. The summed E-state index contributed by atoms with van der Waals surface area (Å²) in [6.45, 7) is 5.87. The fraction of sp³-hybridized carbons (Fsp3) is 0.438. The Hall–Kier alpha value is -1.40. The van der Waals surface area contributed by atoms with Crippen LogP contribution in [0.15, 0.2) is 30.3 Å². The molecule has 0 atom stereocenters. The van der Waals surface area contributed by atoms with E-state index in [9.17, 15) is 4.79 Å². The van der Waals surface area contributed by atoms with E-state index in [-0.39, 0.29) is 11.3 Å². The highest BCUT2D eigenvalue weighted by Gasteiger charge is 2.26. The molecule has 0 spiro atoms. The van der Waals surface area contributed by atoms with Gasteiger partial charge in [0.05, 0.1) is 0 Å². The lowest BCUT2D eigenvalue weighted by Gasteiger charge is -2.20. The number of nitrogens with zero attached hydrogens (tertiary/aromatic N) is 2. The average molecular weight is 335 g/mol. The average Bonchev–Trinajstić information content (AvgIpc) is 2.95. The molecule has 6 heteroatoms. The summed E-state index contributed by atoms with van der Waals surface area (Å²) in [6, 6.07) is 10.3. The third-order valence-electron chi connectivity index (χ3n) is 3.52. The van der Waals surface area contributed by atoms with Crippen molar-refractivity contribution in [2.24, 2.45) is 5.41 Å². The van der Waals surface area contributed by atoms with Gasteiger partial charge in [-0.25, -0.2) is 0 Å². The van der Waals surface area contributed by atoms with Gasteiger partial charge in [0.1, 0.15) is 5.01 Å². The molecule has 1 aromatic carbocycles. The van der Waals surface area contributed by atoms with Crippen molar-refractivity contribution < 1.29 is 4.79 Å². The third kappa shape index (κ3) is 4.81. The van der Waals surface area contributed by atoms with Gasteiger partial charge in [0.25, 0.3) is 0 Å².